The van der Waals surface area contributed by atoms with E-state index in [4.69, 9.17) is 4.74 Å². The van der Waals surface area contributed by atoms with Gasteiger partial charge in [0.05, 0.1) is 0 Å². The summed E-state index contributed by atoms with van der Waals surface area (Å²) in [5.41, 5.74) is 1.07. The van der Waals surface area contributed by atoms with E-state index in [0.717, 1.165) is 28.0 Å². The molecule has 0 spiro atoms. The van der Waals surface area contributed by atoms with E-state index in [9.17, 15) is 0 Å². The van der Waals surface area contributed by atoms with Gasteiger partial charge in [0.15, 0.2) is 0 Å². The molecule has 0 amide bonds. The second kappa shape index (κ2) is 6.70. The van der Waals surface area contributed by atoms with E-state index >= 15 is 0 Å². The molecule has 0 saturated carbocycles. The summed E-state index contributed by atoms with van der Waals surface area (Å²) in [5.74, 6) is 1.48. The molecule has 4 heteroatoms. The highest BCUT2D eigenvalue weighted by atomic mass is 127. The number of ether oxygens (including phenoxy) is 1. The van der Waals surface area contributed by atoms with Gasteiger partial charge in [-0.3, -0.25) is 0 Å². The van der Waals surface area contributed by atoms with E-state index in [1.54, 1.807) is 6.20 Å². The minimum Gasteiger partial charge on any atom is -0.439 e. The van der Waals surface area contributed by atoms with Crippen LogP contribution in [0.1, 0.15) is 12.5 Å². The zero-order valence-electron chi connectivity index (χ0n) is 10.2. The lowest BCUT2D eigenvalue weighted by atomic mass is 10.2. The number of nitrogens with one attached hydrogen (secondary N) is 1. The molecule has 0 saturated heterocycles. The van der Waals surface area contributed by atoms with Crippen molar-refractivity contribution in [2.75, 3.05) is 6.54 Å². The van der Waals surface area contributed by atoms with Gasteiger partial charge in [-0.1, -0.05) is 19.1 Å². The van der Waals surface area contributed by atoms with Gasteiger partial charge in [-0.05, 0) is 53.4 Å². The molecular formula is C14H15IN2O. The molecule has 94 valence electrons. The van der Waals surface area contributed by atoms with E-state index < -0.39 is 0 Å². The minimum absolute atomic E-state index is 0.667. The number of pyridine rings is 1. The molecule has 0 aliphatic heterocycles. The molecule has 0 unspecified atom stereocenters. The van der Waals surface area contributed by atoms with Crippen LogP contribution in [0.15, 0.2) is 42.6 Å². The van der Waals surface area contributed by atoms with Gasteiger partial charge in [0.2, 0.25) is 5.88 Å². The maximum atomic E-state index is 5.83. The fourth-order valence-electron chi connectivity index (χ4n) is 1.55. The molecule has 2 rings (SSSR count). The molecule has 0 atom stereocenters. The Morgan fingerprint density at radius 2 is 2.17 bits per heavy atom. The predicted molar refractivity (Wildman–Crippen MR) is 80.9 cm³/mol. The molecule has 3 nitrogen and oxygen atoms in total. The van der Waals surface area contributed by atoms with Crippen molar-refractivity contribution in [1.29, 1.82) is 0 Å². The molecule has 1 N–H and O–H groups in total. The van der Waals surface area contributed by atoms with E-state index in [1.165, 1.54) is 0 Å². The molecule has 0 bridgehead atoms. The summed E-state index contributed by atoms with van der Waals surface area (Å²) in [6.07, 6.45) is 1.75. The SMILES string of the molecule is CCNCc1cccnc1Oc1cccc(I)c1. The number of benzene rings is 1. The van der Waals surface area contributed by atoms with Gasteiger partial charge in [0, 0.05) is 21.9 Å². The van der Waals surface area contributed by atoms with Crippen molar-refractivity contribution in [2.24, 2.45) is 0 Å². The molecule has 1 aromatic carbocycles. The number of halogens is 1. The van der Waals surface area contributed by atoms with Crippen LogP contribution in [-0.2, 0) is 6.54 Å². The second-order valence-electron chi connectivity index (χ2n) is 3.81. The Hall–Kier alpha value is -1.14. The van der Waals surface area contributed by atoms with Crippen LogP contribution in [0.25, 0.3) is 0 Å². The summed E-state index contributed by atoms with van der Waals surface area (Å²) in [5, 5.41) is 3.28. The van der Waals surface area contributed by atoms with Gasteiger partial charge in [-0.2, -0.15) is 0 Å². The molecule has 2 aromatic rings. The molecule has 0 aliphatic carbocycles. The third-order valence-corrected chi connectivity index (χ3v) is 3.10. The van der Waals surface area contributed by atoms with Gasteiger partial charge in [0.1, 0.15) is 5.75 Å². The second-order valence-corrected chi connectivity index (χ2v) is 5.05. The Kier molecular flexibility index (Phi) is 4.95. The first-order chi connectivity index (χ1) is 8.79. The lowest BCUT2D eigenvalue weighted by Crippen LogP contribution is -2.12. The third kappa shape index (κ3) is 3.68. The van der Waals surface area contributed by atoms with Crippen LogP contribution in [0, 0.1) is 3.57 Å². The number of rotatable bonds is 5. The molecular weight excluding hydrogens is 339 g/mol. The maximum absolute atomic E-state index is 5.83. The van der Waals surface area contributed by atoms with Crippen LogP contribution in [0.5, 0.6) is 11.6 Å². The molecule has 1 aromatic heterocycles. The first-order valence-electron chi connectivity index (χ1n) is 5.87. The summed E-state index contributed by atoms with van der Waals surface area (Å²) < 4.78 is 6.98. The number of hydrogen-bond donors (Lipinski definition) is 1. The summed E-state index contributed by atoms with van der Waals surface area (Å²) in [4.78, 5) is 4.29. The predicted octanol–water partition coefficient (Wildman–Crippen LogP) is 3.59. The monoisotopic (exact) mass is 354 g/mol. The van der Waals surface area contributed by atoms with Crippen molar-refractivity contribution in [1.82, 2.24) is 10.3 Å². The van der Waals surface area contributed by atoms with Crippen molar-refractivity contribution in [3.05, 3.63) is 51.7 Å². The highest BCUT2D eigenvalue weighted by molar-refractivity contribution is 14.1. The van der Waals surface area contributed by atoms with Crippen molar-refractivity contribution in [3.8, 4) is 11.6 Å². The van der Waals surface area contributed by atoms with E-state index in [0.29, 0.717) is 5.88 Å². The Balaban J connectivity index is 2.17. The first-order valence-corrected chi connectivity index (χ1v) is 6.95. The average molecular weight is 354 g/mol. The van der Waals surface area contributed by atoms with Crippen LogP contribution in [0.4, 0.5) is 0 Å². The number of nitrogens with zero attached hydrogens (tertiary/aromatic N) is 1. The van der Waals surface area contributed by atoms with E-state index in [1.807, 2.05) is 36.4 Å². The zero-order valence-corrected chi connectivity index (χ0v) is 12.3. The fraction of sp³-hybridized carbons (Fsp3) is 0.214. The normalized spacial score (nSPS) is 10.3. The molecule has 0 aliphatic rings. The summed E-state index contributed by atoms with van der Waals surface area (Å²) in [7, 11) is 0. The standard InChI is InChI=1S/C14H15IN2O/c1-2-16-10-11-5-4-8-17-14(11)18-13-7-3-6-12(15)9-13/h3-9,16H,2,10H2,1H3. The Morgan fingerprint density at radius 1 is 1.28 bits per heavy atom. The van der Waals surface area contributed by atoms with Gasteiger partial charge < -0.3 is 10.1 Å². The molecule has 0 fully saturated rings. The Bertz CT molecular complexity index is 517. The lowest BCUT2D eigenvalue weighted by Gasteiger charge is -2.10. The topological polar surface area (TPSA) is 34.2 Å². The van der Waals surface area contributed by atoms with Crippen LogP contribution in [0.3, 0.4) is 0 Å². The smallest absolute Gasteiger partial charge is 0.223 e. The van der Waals surface area contributed by atoms with Crippen molar-refractivity contribution >= 4 is 22.6 Å². The van der Waals surface area contributed by atoms with E-state index in [2.05, 4.69) is 39.8 Å². The Labute approximate surface area is 121 Å². The highest BCUT2D eigenvalue weighted by Crippen LogP contribution is 2.24. The van der Waals surface area contributed by atoms with Gasteiger partial charge in [-0.15, -0.1) is 0 Å². The first kappa shape index (κ1) is 13.3. The van der Waals surface area contributed by atoms with Gasteiger partial charge in [-0.25, -0.2) is 4.98 Å². The van der Waals surface area contributed by atoms with Crippen LogP contribution in [-0.4, -0.2) is 11.5 Å². The quantitative estimate of drug-likeness (QED) is 0.834. The maximum Gasteiger partial charge on any atom is 0.223 e. The summed E-state index contributed by atoms with van der Waals surface area (Å²) in [6.45, 7) is 3.78. The van der Waals surface area contributed by atoms with Crippen molar-refractivity contribution < 1.29 is 4.74 Å². The Morgan fingerprint density at radius 3 is 2.94 bits per heavy atom. The molecule has 0 radical (unpaired) electrons. The van der Waals surface area contributed by atoms with Crippen LogP contribution < -0.4 is 10.1 Å². The fourth-order valence-corrected chi connectivity index (χ4v) is 2.07. The summed E-state index contributed by atoms with van der Waals surface area (Å²) >= 11 is 2.27. The molecule has 1 heterocycles. The summed E-state index contributed by atoms with van der Waals surface area (Å²) in [6, 6.07) is 11.9. The number of aromatic nitrogens is 1. The largest absolute Gasteiger partial charge is 0.439 e. The molecule has 18 heavy (non-hydrogen) atoms. The van der Waals surface area contributed by atoms with E-state index in [-0.39, 0.29) is 0 Å². The zero-order chi connectivity index (χ0) is 12.8. The van der Waals surface area contributed by atoms with Crippen molar-refractivity contribution in [2.45, 2.75) is 13.5 Å². The minimum atomic E-state index is 0.667. The third-order valence-electron chi connectivity index (χ3n) is 2.43. The van der Waals surface area contributed by atoms with Gasteiger partial charge in [0.25, 0.3) is 0 Å². The van der Waals surface area contributed by atoms with Crippen LogP contribution >= 0.6 is 22.6 Å². The highest BCUT2D eigenvalue weighted by Gasteiger charge is 2.05. The number of hydrogen-bond acceptors (Lipinski definition) is 3. The van der Waals surface area contributed by atoms with Crippen LogP contribution in [0.2, 0.25) is 0 Å². The van der Waals surface area contributed by atoms with Gasteiger partial charge >= 0.3 is 0 Å². The van der Waals surface area contributed by atoms with Crippen molar-refractivity contribution in [3.63, 3.8) is 0 Å². The average Bonchev–Trinajstić information content (AvgIpc) is 2.38. The lowest BCUT2D eigenvalue weighted by molar-refractivity contribution is 0.453.